The third-order valence-electron chi connectivity index (χ3n) is 6.60. The zero-order chi connectivity index (χ0) is 25.6. The fourth-order valence-corrected chi connectivity index (χ4v) is 4.48. The highest BCUT2D eigenvalue weighted by Crippen LogP contribution is 2.18. The van der Waals surface area contributed by atoms with Gasteiger partial charge in [0, 0.05) is 32.6 Å². The van der Waals surface area contributed by atoms with E-state index < -0.39 is 10.9 Å². The van der Waals surface area contributed by atoms with Gasteiger partial charge in [-0.25, -0.2) is 0 Å². The molecule has 1 fully saturated rings. The summed E-state index contributed by atoms with van der Waals surface area (Å²) in [5, 5.41) is 9.09. The highest BCUT2D eigenvalue weighted by atomic mass is 16.5. The second kappa shape index (κ2) is 15.3. The number of rotatable bonds is 17. The molecule has 198 valence electrons. The molecule has 2 aromatic carbocycles. The van der Waals surface area contributed by atoms with Crippen LogP contribution < -0.4 is 31.5 Å². The molecular weight excluding hydrogens is 456 g/mol. The normalized spacial score (nSPS) is 14.0. The molecule has 0 aromatic heterocycles. The third-order valence-corrected chi connectivity index (χ3v) is 6.60. The predicted octanol–water partition coefficient (Wildman–Crippen LogP) is 3.65. The zero-order valence-corrected chi connectivity index (χ0v) is 21.7. The molecule has 0 unspecified atom stereocenters. The number of nitrogens with one attached hydrogen (secondary N) is 3. The SMILES string of the molecule is CCC(=O)NCCCCCCNc1c(NCCCOc2cccc(CN3CCCCC3)c2)c(=O)c1=O. The van der Waals surface area contributed by atoms with E-state index in [0.29, 0.717) is 44.0 Å². The van der Waals surface area contributed by atoms with Crippen LogP contribution in [0.2, 0.25) is 0 Å². The fraction of sp³-hybridized carbons (Fsp3) is 0.607. The minimum atomic E-state index is -0.449. The van der Waals surface area contributed by atoms with Gasteiger partial charge in [-0.2, -0.15) is 0 Å². The van der Waals surface area contributed by atoms with Gasteiger partial charge < -0.3 is 20.7 Å². The molecule has 0 aliphatic carbocycles. The van der Waals surface area contributed by atoms with Crippen LogP contribution in [0.3, 0.4) is 0 Å². The molecule has 3 N–H and O–H groups in total. The van der Waals surface area contributed by atoms with Crippen molar-refractivity contribution in [3.8, 4) is 5.75 Å². The Balaban J connectivity index is 1.29. The molecule has 1 saturated heterocycles. The van der Waals surface area contributed by atoms with Crippen LogP contribution in [0.15, 0.2) is 33.9 Å². The number of unbranched alkanes of at least 4 members (excludes halogenated alkanes) is 3. The number of piperidine rings is 1. The van der Waals surface area contributed by atoms with Crippen LogP contribution >= 0.6 is 0 Å². The van der Waals surface area contributed by atoms with Gasteiger partial charge in [-0.3, -0.25) is 19.3 Å². The Labute approximate surface area is 214 Å². The number of carbonyl (C=O) groups is 1. The molecule has 1 heterocycles. The second-order valence-corrected chi connectivity index (χ2v) is 9.57. The summed E-state index contributed by atoms with van der Waals surface area (Å²) < 4.78 is 5.92. The molecular formula is C28H42N4O4. The van der Waals surface area contributed by atoms with E-state index >= 15 is 0 Å². The van der Waals surface area contributed by atoms with Gasteiger partial charge in [0.25, 0.3) is 10.9 Å². The number of benzene rings is 1. The summed E-state index contributed by atoms with van der Waals surface area (Å²) in [5.74, 6) is 0.953. The van der Waals surface area contributed by atoms with Gasteiger partial charge in [0.1, 0.15) is 17.1 Å². The standard InChI is InChI=1S/C28H42N4O4/c1-2-24(33)29-14-6-3-4-7-15-30-25-26(28(35)27(25)34)31-16-11-19-36-23-13-10-12-22(20-23)21-32-17-8-5-9-18-32/h10,12-13,20,30-31H,2-9,11,14-19,21H2,1H3,(H,29,33). The molecule has 0 saturated carbocycles. The number of hydrogen-bond donors (Lipinski definition) is 3. The molecule has 2 aromatic rings. The Kier molecular flexibility index (Phi) is 11.8. The highest BCUT2D eigenvalue weighted by Gasteiger charge is 2.19. The van der Waals surface area contributed by atoms with Crippen LogP contribution in [0, 0.1) is 0 Å². The molecule has 1 amide bonds. The fourth-order valence-electron chi connectivity index (χ4n) is 4.48. The van der Waals surface area contributed by atoms with Gasteiger partial charge in [0.05, 0.1) is 6.61 Å². The third kappa shape index (κ3) is 8.97. The Morgan fingerprint density at radius 1 is 0.889 bits per heavy atom. The van der Waals surface area contributed by atoms with E-state index in [9.17, 15) is 14.4 Å². The minimum absolute atomic E-state index is 0.0841. The topological polar surface area (TPSA) is 99.8 Å². The van der Waals surface area contributed by atoms with Gasteiger partial charge >= 0.3 is 0 Å². The maximum atomic E-state index is 12.0. The van der Waals surface area contributed by atoms with Crippen LogP contribution in [-0.2, 0) is 11.3 Å². The molecule has 8 heteroatoms. The van der Waals surface area contributed by atoms with Crippen molar-refractivity contribution in [3.63, 3.8) is 0 Å². The second-order valence-electron chi connectivity index (χ2n) is 9.57. The monoisotopic (exact) mass is 498 g/mol. The smallest absolute Gasteiger partial charge is 0.253 e. The average molecular weight is 499 g/mol. The van der Waals surface area contributed by atoms with Crippen LogP contribution in [-0.4, -0.2) is 50.1 Å². The predicted molar refractivity (Wildman–Crippen MR) is 146 cm³/mol. The van der Waals surface area contributed by atoms with Crippen molar-refractivity contribution in [2.75, 3.05) is 50.0 Å². The first kappa shape index (κ1) is 27.7. The summed E-state index contributed by atoms with van der Waals surface area (Å²) in [4.78, 5) is 37.6. The van der Waals surface area contributed by atoms with Crippen LogP contribution in [0.4, 0.5) is 11.4 Å². The Morgan fingerprint density at radius 3 is 2.25 bits per heavy atom. The first-order chi connectivity index (χ1) is 17.6. The molecule has 36 heavy (non-hydrogen) atoms. The van der Waals surface area contributed by atoms with E-state index in [0.717, 1.165) is 44.4 Å². The molecule has 0 atom stereocenters. The zero-order valence-electron chi connectivity index (χ0n) is 21.7. The largest absolute Gasteiger partial charge is 0.494 e. The highest BCUT2D eigenvalue weighted by molar-refractivity contribution is 5.75. The lowest BCUT2D eigenvalue weighted by molar-refractivity contribution is -0.120. The van der Waals surface area contributed by atoms with Crippen molar-refractivity contribution in [3.05, 3.63) is 50.3 Å². The van der Waals surface area contributed by atoms with Crippen molar-refractivity contribution >= 4 is 17.3 Å². The van der Waals surface area contributed by atoms with Crippen LogP contribution in [0.5, 0.6) is 5.75 Å². The number of carbonyl (C=O) groups excluding carboxylic acids is 1. The summed E-state index contributed by atoms with van der Waals surface area (Å²) in [6.07, 6.45) is 9.02. The van der Waals surface area contributed by atoms with Crippen molar-refractivity contribution < 1.29 is 9.53 Å². The number of ether oxygens (including phenoxy) is 1. The summed E-state index contributed by atoms with van der Waals surface area (Å²) in [6.45, 7) is 7.62. The Hall–Kier alpha value is -2.87. The number of nitrogens with zero attached hydrogens (tertiary/aromatic N) is 1. The van der Waals surface area contributed by atoms with Gasteiger partial charge in [0.2, 0.25) is 5.91 Å². The number of likely N-dealkylation sites (tertiary alicyclic amines) is 1. The summed E-state index contributed by atoms with van der Waals surface area (Å²) in [7, 11) is 0. The quantitative estimate of drug-likeness (QED) is 0.226. The van der Waals surface area contributed by atoms with Gasteiger partial charge in [-0.1, -0.05) is 38.3 Å². The maximum absolute atomic E-state index is 12.0. The van der Waals surface area contributed by atoms with Gasteiger partial charge in [-0.05, 0) is 62.9 Å². The van der Waals surface area contributed by atoms with Crippen molar-refractivity contribution in [1.29, 1.82) is 0 Å². The maximum Gasteiger partial charge on any atom is 0.253 e. The molecule has 8 nitrogen and oxygen atoms in total. The van der Waals surface area contributed by atoms with Gasteiger partial charge in [0.15, 0.2) is 0 Å². The van der Waals surface area contributed by atoms with Crippen LogP contribution in [0.1, 0.15) is 70.3 Å². The van der Waals surface area contributed by atoms with Crippen molar-refractivity contribution in [2.24, 2.45) is 0 Å². The van der Waals surface area contributed by atoms with Crippen molar-refractivity contribution in [1.82, 2.24) is 10.2 Å². The summed E-state index contributed by atoms with van der Waals surface area (Å²) >= 11 is 0. The Bertz CT molecular complexity index is 1010. The first-order valence-electron chi connectivity index (χ1n) is 13.6. The van der Waals surface area contributed by atoms with Crippen LogP contribution in [0.25, 0.3) is 0 Å². The molecule has 1 aliphatic heterocycles. The molecule has 3 rings (SSSR count). The molecule has 0 radical (unpaired) electrons. The summed E-state index contributed by atoms with van der Waals surface area (Å²) in [6, 6.07) is 8.28. The molecule has 1 aliphatic rings. The van der Waals surface area contributed by atoms with E-state index in [4.69, 9.17) is 4.74 Å². The van der Waals surface area contributed by atoms with E-state index in [2.05, 4.69) is 33.0 Å². The van der Waals surface area contributed by atoms with E-state index in [1.165, 1.54) is 37.9 Å². The number of amides is 1. The number of anilines is 2. The van der Waals surface area contributed by atoms with E-state index in [-0.39, 0.29) is 5.91 Å². The summed E-state index contributed by atoms with van der Waals surface area (Å²) in [5.41, 5.74) is 1.18. The number of hydrogen-bond acceptors (Lipinski definition) is 7. The Morgan fingerprint density at radius 2 is 1.56 bits per heavy atom. The van der Waals surface area contributed by atoms with E-state index in [1.807, 2.05) is 19.1 Å². The molecule has 0 bridgehead atoms. The van der Waals surface area contributed by atoms with Crippen molar-refractivity contribution in [2.45, 2.75) is 71.3 Å². The molecule has 0 spiro atoms. The average Bonchev–Trinajstić information content (AvgIpc) is 2.90. The van der Waals surface area contributed by atoms with E-state index in [1.54, 1.807) is 0 Å². The first-order valence-corrected chi connectivity index (χ1v) is 13.6. The van der Waals surface area contributed by atoms with Gasteiger partial charge in [-0.15, -0.1) is 0 Å². The lowest BCUT2D eigenvalue weighted by Gasteiger charge is -2.26. The minimum Gasteiger partial charge on any atom is -0.494 e. The lowest BCUT2D eigenvalue weighted by atomic mass is 10.1. The lowest BCUT2D eigenvalue weighted by Crippen LogP contribution is -2.37.